The minimum absolute atomic E-state index is 0.0320. The second-order valence-electron chi connectivity index (χ2n) is 4.33. The number of benzene rings is 1. The minimum Gasteiger partial charge on any atom is -0.494 e. The van der Waals surface area contributed by atoms with E-state index >= 15 is 0 Å². The van der Waals surface area contributed by atoms with Gasteiger partial charge in [0.1, 0.15) is 0 Å². The van der Waals surface area contributed by atoms with Crippen molar-refractivity contribution in [3.8, 4) is 5.88 Å². The van der Waals surface area contributed by atoms with Crippen molar-refractivity contribution < 1.29 is 14.7 Å². The molecule has 1 heterocycles. The summed E-state index contributed by atoms with van der Waals surface area (Å²) in [6.07, 6.45) is 1.76. The number of rotatable bonds is 5. The lowest BCUT2D eigenvalue weighted by Gasteiger charge is -2.03. The van der Waals surface area contributed by atoms with Crippen LogP contribution in [0.2, 0.25) is 0 Å². The number of Topliss-reactive ketones (excluding diaryl/α,β-unsaturated/α-hetero) is 1. The van der Waals surface area contributed by atoms with Crippen LogP contribution in [0, 0.1) is 0 Å². The summed E-state index contributed by atoms with van der Waals surface area (Å²) >= 11 is 0. The first kappa shape index (κ1) is 13.1. The summed E-state index contributed by atoms with van der Waals surface area (Å²) in [5, 5.41) is 12.9. The van der Waals surface area contributed by atoms with E-state index in [-0.39, 0.29) is 11.4 Å². The maximum absolute atomic E-state index is 12.0. The van der Waals surface area contributed by atoms with Crippen LogP contribution in [0.25, 0.3) is 10.9 Å². The van der Waals surface area contributed by atoms with Gasteiger partial charge in [0.15, 0.2) is 0 Å². The Kier molecular flexibility index (Phi) is 3.85. The van der Waals surface area contributed by atoms with Gasteiger partial charge in [-0.25, -0.2) is 0 Å². The fourth-order valence-electron chi connectivity index (χ4n) is 1.93. The third-order valence-electron chi connectivity index (χ3n) is 2.94. The quantitative estimate of drug-likeness (QED) is 0.436. The van der Waals surface area contributed by atoms with Crippen LogP contribution in [-0.2, 0) is 4.79 Å². The molecule has 2 rings (SSSR count). The van der Waals surface area contributed by atoms with Crippen molar-refractivity contribution in [2.75, 3.05) is 6.54 Å². The molecule has 0 saturated carbocycles. The number of amides is 1. The highest BCUT2D eigenvalue weighted by atomic mass is 16.3. The third kappa shape index (κ3) is 2.59. The lowest BCUT2D eigenvalue weighted by molar-refractivity contribution is -0.117. The van der Waals surface area contributed by atoms with Crippen LogP contribution in [0.1, 0.15) is 30.1 Å². The first-order valence-corrected chi connectivity index (χ1v) is 6.27. The number of hydrogen-bond donors (Lipinski definition) is 3. The molecule has 1 amide bonds. The topological polar surface area (TPSA) is 82.2 Å². The van der Waals surface area contributed by atoms with Crippen molar-refractivity contribution in [3.63, 3.8) is 0 Å². The summed E-state index contributed by atoms with van der Waals surface area (Å²) in [5.41, 5.74) is 0.661. The van der Waals surface area contributed by atoms with Gasteiger partial charge in [0.05, 0.1) is 5.56 Å². The van der Waals surface area contributed by atoms with Crippen LogP contribution in [0.3, 0.4) is 0 Å². The molecule has 1 aromatic carbocycles. The summed E-state index contributed by atoms with van der Waals surface area (Å²) in [5.74, 6) is -1.67. The molecule has 0 aliphatic rings. The molecule has 0 atom stereocenters. The van der Waals surface area contributed by atoms with Crippen molar-refractivity contribution in [2.45, 2.75) is 19.8 Å². The highest BCUT2D eigenvalue weighted by Crippen LogP contribution is 2.27. The molecule has 0 bridgehead atoms. The van der Waals surface area contributed by atoms with Gasteiger partial charge in [-0.3, -0.25) is 9.59 Å². The van der Waals surface area contributed by atoms with Crippen LogP contribution >= 0.6 is 0 Å². The molecule has 100 valence electrons. The van der Waals surface area contributed by atoms with Crippen molar-refractivity contribution in [3.05, 3.63) is 29.8 Å². The lowest BCUT2D eigenvalue weighted by Crippen LogP contribution is -2.31. The molecule has 0 fully saturated rings. The predicted molar refractivity (Wildman–Crippen MR) is 72.2 cm³/mol. The lowest BCUT2D eigenvalue weighted by atomic mass is 10.1. The maximum Gasteiger partial charge on any atom is 0.292 e. The summed E-state index contributed by atoms with van der Waals surface area (Å²) in [4.78, 5) is 26.5. The van der Waals surface area contributed by atoms with E-state index in [9.17, 15) is 14.7 Å². The summed E-state index contributed by atoms with van der Waals surface area (Å²) in [6, 6.07) is 6.97. The Balaban J connectivity index is 2.26. The zero-order valence-electron chi connectivity index (χ0n) is 10.7. The van der Waals surface area contributed by atoms with E-state index in [0.717, 1.165) is 12.8 Å². The monoisotopic (exact) mass is 260 g/mol. The molecule has 0 aliphatic carbocycles. The summed E-state index contributed by atoms with van der Waals surface area (Å²) in [6.45, 7) is 2.46. The van der Waals surface area contributed by atoms with Gasteiger partial charge in [-0.1, -0.05) is 31.5 Å². The number of para-hydroxylation sites is 1. The van der Waals surface area contributed by atoms with Gasteiger partial charge in [0, 0.05) is 17.4 Å². The largest absolute Gasteiger partial charge is 0.494 e. The number of carbonyl (C=O) groups is 2. The SMILES string of the molecule is CCCCNC(=O)C(=O)c1c(O)[nH]c2ccccc12. The predicted octanol–water partition coefficient (Wildman–Crippen LogP) is 1.97. The van der Waals surface area contributed by atoms with Crippen LogP contribution in [0.4, 0.5) is 0 Å². The molecule has 0 aliphatic heterocycles. The summed E-state index contributed by atoms with van der Waals surface area (Å²) in [7, 11) is 0. The Bertz CT molecular complexity index is 616. The highest BCUT2D eigenvalue weighted by molar-refractivity contribution is 6.45. The molecule has 0 radical (unpaired) electrons. The van der Waals surface area contributed by atoms with Gasteiger partial charge in [-0.05, 0) is 12.5 Å². The molecule has 0 saturated heterocycles. The Morgan fingerprint density at radius 2 is 2.05 bits per heavy atom. The van der Waals surface area contributed by atoms with Gasteiger partial charge < -0.3 is 15.4 Å². The number of ketones is 1. The first-order valence-electron chi connectivity index (χ1n) is 6.27. The average molecular weight is 260 g/mol. The molecule has 0 spiro atoms. The molecule has 0 unspecified atom stereocenters. The second-order valence-corrected chi connectivity index (χ2v) is 4.33. The van der Waals surface area contributed by atoms with E-state index in [4.69, 9.17) is 0 Å². The molecule has 2 aromatic rings. The van der Waals surface area contributed by atoms with Crippen LogP contribution in [-0.4, -0.2) is 28.3 Å². The van der Waals surface area contributed by atoms with E-state index in [1.807, 2.05) is 6.92 Å². The van der Waals surface area contributed by atoms with Crippen molar-refractivity contribution in [2.24, 2.45) is 0 Å². The fraction of sp³-hybridized carbons (Fsp3) is 0.286. The number of aromatic nitrogens is 1. The number of carbonyl (C=O) groups excluding carboxylic acids is 2. The van der Waals surface area contributed by atoms with E-state index in [1.54, 1.807) is 24.3 Å². The Morgan fingerprint density at radius 3 is 2.79 bits per heavy atom. The molecular formula is C14H16N2O3. The normalized spacial score (nSPS) is 10.6. The van der Waals surface area contributed by atoms with E-state index in [2.05, 4.69) is 10.3 Å². The Hall–Kier alpha value is -2.30. The number of H-pyrrole nitrogens is 1. The van der Waals surface area contributed by atoms with E-state index < -0.39 is 11.7 Å². The molecule has 5 heteroatoms. The van der Waals surface area contributed by atoms with Crippen LogP contribution in [0.5, 0.6) is 5.88 Å². The number of aromatic hydroxyl groups is 1. The Morgan fingerprint density at radius 1 is 1.32 bits per heavy atom. The molecule has 19 heavy (non-hydrogen) atoms. The van der Waals surface area contributed by atoms with Crippen molar-refractivity contribution in [1.82, 2.24) is 10.3 Å². The molecule has 1 aromatic heterocycles. The molecular weight excluding hydrogens is 244 g/mol. The van der Waals surface area contributed by atoms with Gasteiger partial charge in [-0.15, -0.1) is 0 Å². The number of nitrogens with one attached hydrogen (secondary N) is 2. The fourth-order valence-corrected chi connectivity index (χ4v) is 1.93. The van der Waals surface area contributed by atoms with Gasteiger partial charge in [0.25, 0.3) is 11.7 Å². The second kappa shape index (κ2) is 5.56. The first-order chi connectivity index (χ1) is 9.15. The highest BCUT2D eigenvalue weighted by Gasteiger charge is 2.23. The van der Waals surface area contributed by atoms with Gasteiger partial charge in [0.2, 0.25) is 5.88 Å². The molecule has 3 N–H and O–H groups in total. The van der Waals surface area contributed by atoms with Gasteiger partial charge >= 0.3 is 0 Å². The average Bonchev–Trinajstić information content (AvgIpc) is 2.74. The minimum atomic E-state index is -0.717. The van der Waals surface area contributed by atoms with E-state index in [0.29, 0.717) is 17.4 Å². The van der Waals surface area contributed by atoms with Crippen LogP contribution < -0.4 is 5.32 Å². The van der Waals surface area contributed by atoms with Gasteiger partial charge in [-0.2, -0.15) is 0 Å². The third-order valence-corrected chi connectivity index (χ3v) is 2.94. The number of fused-ring (bicyclic) bond motifs is 1. The zero-order valence-corrected chi connectivity index (χ0v) is 10.7. The van der Waals surface area contributed by atoms with E-state index in [1.165, 1.54) is 0 Å². The van der Waals surface area contributed by atoms with Crippen LogP contribution in [0.15, 0.2) is 24.3 Å². The summed E-state index contributed by atoms with van der Waals surface area (Å²) < 4.78 is 0. The number of hydrogen-bond acceptors (Lipinski definition) is 3. The Labute approximate surface area is 110 Å². The number of unbranched alkanes of at least 4 members (excludes halogenated alkanes) is 1. The van der Waals surface area contributed by atoms with Crippen molar-refractivity contribution >= 4 is 22.6 Å². The maximum atomic E-state index is 12.0. The number of aromatic amines is 1. The zero-order chi connectivity index (χ0) is 13.8. The smallest absolute Gasteiger partial charge is 0.292 e. The molecule has 5 nitrogen and oxygen atoms in total. The van der Waals surface area contributed by atoms with Crippen molar-refractivity contribution in [1.29, 1.82) is 0 Å². The standard InChI is InChI=1S/C14H16N2O3/c1-2-3-8-15-14(19)12(17)11-9-6-4-5-7-10(9)16-13(11)18/h4-7,16,18H,2-3,8H2,1H3,(H,15,19).